The van der Waals surface area contributed by atoms with Crippen molar-refractivity contribution in [3.05, 3.63) is 5.92 Å². The van der Waals surface area contributed by atoms with E-state index in [4.69, 9.17) is 4.74 Å². The van der Waals surface area contributed by atoms with E-state index in [0.717, 1.165) is 12.3 Å². The molecule has 0 saturated heterocycles. The molecule has 199 valence electrons. The minimum Gasteiger partial charge on any atom is -0.384 e. The maximum atomic E-state index is 13.1. The molecule has 5 atom stereocenters. The summed E-state index contributed by atoms with van der Waals surface area (Å²) in [6.07, 6.45) is 3.04. The number of ether oxygens (including phenoxy) is 1. The third-order valence-corrected chi connectivity index (χ3v) is 7.53. The second kappa shape index (κ2) is 17.8. The van der Waals surface area contributed by atoms with Gasteiger partial charge >= 0.3 is 0 Å². The molecule has 0 aromatic rings. The van der Waals surface area contributed by atoms with E-state index in [1.807, 2.05) is 20.8 Å². The van der Waals surface area contributed by atoms with Gasteiger partial charge in [0.2, 0.25) is 0 Å². The van der Waals surface area contributed by atoms with Gasteiger partial charge in [-0.15, -0.1) is 0 Å². The minimum atomic E-state index is -1.00. The van der Waals surface area contributed by atoms with Gasteiger partial charge in [0, 0.05) is 76.0 Å². The maximum absolute atomic E-state index is 13.1. The van der Waals surface area contributed by atoms with E-state index in [-0.39, 0.29) is 79.9 Å². The number of rotatable bonds is 19. The van der Waals surface area contributed by atoms with Crippen LogP contribution in [0.5, 0.6) is 0 Å². The molecule has 6 nitrogen and oxygen atoms in total. The van der Waals surface area contributed by atoms with Gasteiger partial charge in [0.1, 0.15) is 28.9 Å². The third kappa shape index (κ3) is 12.0. The molecular weight excluding hydrogens is 521 g/mol. The normalized spacial score (nSPS) is 16.4. The van der Waals surface area contributed by atoms with Crippen LogP contribution in [0.25, 0.3) is 0 Å². The first kappa shape index (κ1) is 36.6. The SMILES string of the molecule is CC[C-](C)CC(C(C)=O)C(CCC(CC(C)=O)(CC(COC)C(CC)C(C)=O)C(C)=O)C(C)=O.[Y]. The zero-order valence-corrected chi connectivity index (χ0v) is 26.3. The predicted octanol–water partition coefficient (Wildman–Crippen LogP) is 5.39. The van der Waals surface area contributed by atoms with E-state index in [9.17, 15) is 24.0 Å². The molecule has 0 rings (SSSR count). The van der Waals surface area contributed by atoms with Crippen LogP contribution in [0.4, 0.5) is 0 Å². The van der Waals surface area contributed by atoms with Gasteiger partial charge in [0.05, 0.1) is 0 Å². The third-order valence-electron chi connectivity index (χ3n) is 7.53. The van der Waals surface area contributed by atoms with Crippen molar-refractivity contribution < 1.29 is 61.4 Å². The van der Waals surface area contributed by atoms with Gasteiger partial charge in [-0.2, -0.15) is 19.8 Å². The summed E-state index contributed by atoms with van der Waals surface area (Å²) in [4.78, 5) is 62.9. The first-order valence-corrected chi connectivity index (χ1v) is 12.6. The second-order valence-electron chi connectivity index (χ2n) is 10.2. The van der Waals surface area contributed by atoms with Gasteiger partial charge in [-0.25, -0.2) is 0 Å². The van der Waals surface area contributed by atoms with Gasteiger partial charge in [-0.3, -0.25) is 24.0 Å². The number of hydrogen-bond donors (Lipinski definition) is 0. The topological polar surface area (TPSA) is 94.6 Å². The average molecular weight is 569 g/mol. The van der Waals surface area contributed by atoms with Crippen LogP contribution < -0.4 is 0 Å². The van der Waals surface area contributed by atoms with Crippen LogP contribution in [0, 0.1) is 35.0 Å². The molecule has 0 fully saturated rings. The maximum Gasteiger partial charge on any atom is 0.136 e. The molecule has 5 unspecified atom stereocenters. The van der Waals surface area contributed by atoms with Crippen LogP contribution in [0.15, 0.2) is 0 Å². The summed E-state index contributed by atoms with van der Waals surface area (Å²) < 4.78 is 5.41. The fourth-order valence-electron chi connectivity index (χ4n) is 5.38. The Labute approximate surface area is 238 Å². The molecule has 0 aromatic heterocycles. The van der Waals surface area contributed by atoms with Crippen LogP contribution in [0.3, 0.4) is 0 Å². The predicted molar refractivity (Wildman–Crippen MR) is 134 cm³/mol. The van der Waals surface area contributed by atoms with E-state index >= 15 is 0 Å². The smallest absolute Gasteiger partial charge is 0.136 e. The Kier molecular flexibility index (Phi) is 18.6. The van der Waals surface area contributed by atoms with Crippen LogP contribution >= 0.6 is 0 Å². The standard InChI is InChI=1S/C28H47O6.Y/c1-10-18(3)14-27(22(7)32)26(21(6)31)12-13-28(23(8)33,15-19(4)29)16-24(17-34-9)25(11-2)20(5)30;/h24-27H,10-17H2,1-9H3;/q-1;. The van der Waals surface area contributed by atoms with Crippen LogP contribution in [0.1, 0.15) is 100 Å². The Balaban J connectivity index is 0. The molecule has 0 saturated carbocycles. The summed E-state index contributed by atoms with van der Waals surface area (Å²) in [6.45, 7) is 13.8. The number of Topliss-reactive ketones (excluding diaryl/α,β-unsaturated/α-hetero) is 5. The van der Waals surface area contributed by atoms with E-state index < -0.39 is 17.3 Å². The van der Waals surface area contributed by atoms with Crippen molar-refractivity contribution in [2.24, 2.45) is 29.1 Å². The summed E-state index contributed by atoms with van der Waals surface area (Å²) in [5.74, 6) is -0.600. The molecule has 0 aliphatic heterocycles. The zero-order chi connectivity index (χ0) is 26.6. The number of ketones is 5. The van der Waals surface area contributed by atoms with Crippen molar-refractivity contribution in [1.29, 1.82) is 0 Å². The Hall–Kier alpha value is -0.586. The van der Waals surface area contributed by atoms with Crippen molar-refractivity contribution in [3.63, 3.8) is 0 Å². The molecular formula is C28H47O6Y-. The molecule has 0 aliphatic carbocycles. The monoisotopic (exact) mass is 568 g/mol. The summed E-state index contributed by atoms with van der Waals surface area (Å²) >= 11 is 0. The van der Waals surface area contributed by atoms with E-state index in [2.05, 4.69) is 0 Å². The van der Waals surface area contributed by atoms with Crippen molar-refractivity contribution >= 4 is 28.9 Å². The van der Waals surface area contributed by atoms with Crippen LogP contribution in [-0.2, 0) is 61.4 Å². The summed E-state index contributed by atoms with van der Waals surface area (Å²) in [6, 6.07) is 0. The van der Waals surface area contributed by atoms with Gasteiger partial charge in [0.15, 0.2) is 0 Å². The summed E-state index contributed by atoms with van der Waals surface area (Å²) in [5.41, 5.74) is -1.00. The van der Waals surface area contributed by atoms with Crippen LogP contribution in [0.2, 0.25) is 0 Å². The molecule has 0 N–H and O–H groups in total. The Morgan fingerprint density at radius 1 is 0.857 bits per heavy atom. The fourth-order valence-corrected chi connectivity index (χ4v) is 5.38. The fraction of sp³-hybridized carbons (Fsp3) is 0.786. The number of carbonyl (C=O) groups excluding carboxylic acids is 5. The second-order valence-corrected chi connectivity index (χ2v) is 10.2. The largest absolute Gasteiger partial charge is 0.384 e. The van der Waals surface area contributed by atoms with E-state index in [1.54, 1.807) is 14.0 Å². The minimum absolute atomic E-state index is 0. The van der Waals surface area contributed by atoms with Crippen molar-refractivity contribution in [2.45, 2.75) is 100 Å². The summed E-state index contributed by atoms with van der Waals surface area (Å²) in [7, 11) is 1.57. The van der Waals surface area contributed by atoms with Crippen molar-refractivity contribution in [1.82, 2.24) is 0 Å². The molecule has 0 amide bonds. The summed E-state index contributed by atoms with van der Waals surface area (Å²) in [5, 5.41) is 0. The number of carbonyl (C=O) groups is 5. The average Bonchev–Trinajstić information content (AvgIpc) is 2.71. The molecule has 0 aliphatic rings. The molecule has 7 heteroatoms. The van der Waals surface area contributed by atoms with E-state index in [1.165, 1.54) is 27.7 Å². The van der Waals surface area contributed by atoms with Gasteiger partial charge in [-0.05, 0) is 66.2 Å². The Morgan fingerprint density at radius 3 is 1.71 bits per heavy atom. The number of methoxy groups -OCH3 is 1. The molecule has 0 bridgehead atoms. The zero-order valence-electron chi connectivity index (χ0n) is 23.5. The van der Waals surface area contributed by atoms with Gasteiger partial charge in [0.25, 0.3) is 0 Å². The van der Waals surface area contributed by atoms with Crippen molar-refractivity contribution in [2.75, 3.05) is 13.7 Å². The van der Waals surface area contributed by atoms with Crippen LogP contribution in [-0.4, -0.2) is 42.6 Å². The first-order valence-electron chi connectivity index (χ1n) is 12.6. The van der Waals surface area contributed by atoms with E-state index in [0.29, 0.717) is 38.7 Å². The number of hydrogen-bond acceptors (Lipinski definition) is 6. The van der Waals surface area contributed by atoms with Gasteiger partial charge in [-0.1, -0.05) is 13.8 Å². The van der Waals surface area contributed by atoms with Gasteiger partial charge < -0.3 is 10.7 Å². The molecule has 1 radical (unpaired) electrons. The Bertz CT molecular complexity index is 718. The first-order chi connectivity index (χ1) is 15.8. The van der Waals surface area contributed by atoms with Crippen molar-refractivity contribution in [3.8, 4) is 0 Å². The quantitative estimate of drug-likeness (QED) is 0.194. The Morgan fingerprint density at radius 2 is 1.37 bits per heavy atom. The molecule has 35 heavy (non-hydrogen) atoms. The molecule has 0 spiro atoms. The molecule has 0 heterocycles. The molecule has 0 aromatic carbocycles.